The molecule has 2 nitrogen and oxygen atoms in total. The number of hydrogen-bond acceptors (Lipinski definition) is 1. The van der Waals surface area contributed by atoms with Gasteiger partial charge in [0.1, 0.15) is 0 Å². The molecule has 3 rings (SSSR count). The molecule has 0 saturated heterocycles. The number of benzene rings is 2. The Kier molecular flexibility index (Phi) is 3.55. The van der Waals surface area contributed by atoms with Crippen LogP contribution in [-0.4, -0.2) is 24.4 Å². The van der Waals surface area contributed by atoms with Gasteiger partial charge in [0.25, 0.3) is 0 Å². The Morgan fingerprint density at radius 2 is 1.55 bits per heavy atom. The molecule has 0 bridgehead atoms. The highest BCUT2D eigenvalue weighted by Gasteiger charge is 2.28. The maximum absolute atomic E-state index is 11.2. The monoisotopic (exact) mass is 265 g/mol. The third kappa shape index (κ3) is 2.11. The van der Waals surface area contributed by atoms with E-state index in [9.17, 15) is 4.79 Å². The van der Waals surface area contributed by atoms with E-state index in [0.29, 0.717) is 5.92 Å². The van der Waals surface area contributed by atoms with Gasteiger partial charge in [0.2, 0.25) is 6.41 Å². The summed E-state index contributed by atoms with van der Waals surface area (Å²) in [6.45, 7) is 3.70. The molecule has 102 valence electrons. The fourth-order valence-corrected chi connectivity index (χ4v) is 3.17. The Morgan fingerprint density at radius 1 is 1.00 bits per heavy atom. The zero-order chi connectivity index (χ0) is 13.9. The van der Waals surface area contributed by atoms with Crippen LogP contribution in [0.15, 0.2) is 48.5 Å². The number of nitrogens with zero attached hydrogens (tertiary/aromatic N) is 1. The van der Waals surface area contributed by atoms with E-state index in [1.54, 1.807) is 0 Å². The minimum atomic E-state index is 0.305. The normalized spacial score (nSPS) is 12.8. The van der Waals surface area contributed by atoms with Crippen molar-refractivity contribution in [3.63, 3.8) is 0 Å². The second-order valence-electron chi connectivity index (χ2n) is 5.33. The average Bonchev–Trinajstić information content (AvgIpc) is 2.82. The Labute approximate surface area is 120 Å². The second-order valence-corrected chi connectivity index (χ2v) is 5.33. The van der Waals surface area contributed by atoms with Crippen molar-refractivity contribution in [2.24, 2.45) is 0 Å². The summed E-state index contributed by atoms with van der Waals surface area (Å²) in [6.07, 6.45) is 1.97. The lowest BCUT2D eigenvalue weighted by Gasteiger charge is -2.22. The van der Waals surface area contributed by atoms with Gasteiger partial charge in [0.05, 0.1) is 0 Å². The van der Waals surface area contributed by atoms with Gasteiger partial charge in [-0.1, -0.05) is 55.5 Å². The molecule has 0 aliphatic heterocycles. The number of rotatable bonds is 5. The van der Waals surface area contributed by atoms with Crippen LogP contribution in [0.5, 0.6) is 0 Å². The summed E-state index contributed by atoms with van der Waals surface area (Å²) in [6, 6.07) is 17.1. The van der Waals surface area contributed by atoms with Gasteiger partial charge in [-0.2, -0.15) is 0 Å². The van der Waals surface area contributed by atoms with Crippen LogP contribution in [0.2, 0.25) is 0 Å². The summed E-state index contributed by atoms with van der Waals surface area (Å²) in [4.78, 5) is 13.1. The summed E-state index contributed by atoms with van der Waals surface area (Å²) in [5.74, 6) is 0.305. The molecule has 2 aromatic rings. The molecule has 0 spiro atoms. The van der Waals surface area contributed by atoms with Gasteiger partial charge in [0.15, 0.2) is 0 Å². The lowest BCUT2D eigenvalue weighted by Crippen LogP contribution is -2.28. The molecule has 20 heavy (non-hydrogen) atoms. The van der Waals surface area contributed by atoms with Gasteiger partial charge < -0.3 is 4.90 Å². The van der Waals surface area contributed by atoms with Gasteiger partial charge >= 0.3 is 0 Å². The summed E-state index contributed by atoms with van der Waals surface area (Å²) in [5.41, 5.74) is 5.32. The SMILES string of the molecule is CCCN(C=O)CC1c2ccccc2-c2ccccc21. The minimum Gasteiger partial charge on any atom is -0.344 e. The van der Waals surface area contributed by atoms with E-state index in [1.807, 2.05) is 4.90 Å². The van der Waals surface area contributed by atoms with Crippen molar-refractivity contribution in [1.29, 1.82) is 0 Å². The Balaban J connectivity index is 2.00. The van der Waals surface area contributed by atoms with Crippen LogP contribution in [0.3, 0.4) is 0 Å². The van der Waals surface area contributed by atoms with Crippen LogP contribution < -0.4 is 0 Å². The molecule has 0 N–H and O–H groups in total. The molecule has 0 aromatic heterocycles. The standard InChI is InChI=1S/C18H19NO/c1-2-11-19(13-20)12-18-16-9-5-3-7-14(16)15-8-4-6-10-17(15)18/h3-10,13,18H,2,11-12H2,1H3. The van der Waals surface area contributed by atoms with Crippen LogP contribution in [0.25, 0.3) is 11.1 Å². The highest BCUT2D eigenvalue weighted by Crippen LogP contribution is 2.44. The lowest BCUT2D eigenvalue weighted by molar-refractivity contribution is -0.118. The van der Waals surface area contributed by atoms with Crippen molar-refractivity contribution in [3.05, 3.63) is 59.7 Å². The van der Waals surface area contributed by atoms with Crippen LogP contribution in [0.1, 0.15) is 30.4 Å². The van der Waals surface area contributed by atoms with E-state index in [1.165, 1.54) is 22.3 Å². The first kappa shape index (κ1) is 12.9. The number of carbonyl (C=O) groups excluding carboxylic acids is 1. The summed E-state index contributed by atoms with van der Waals surface area (Å²) in [7, 11) is 0. The molecule has 2 heteroatoms. The molecule has 1 aliphatic rings. The summed E-state index contributed by atoms with van der Waals surface area (Å²) >= 11 is 0. The number of carbonyl (C=O) groups is 1. The molecule has 2 aromatic carbocycles. The molecule has 1 aliphatic carbocycles. The first-order valence-corrected chi connectivity index (χ1v) is 7.22. The van der Waals surface area contributed by atoms with Gasteiger partial charge in [-0.15, -0.1) is 0 Å². The second kappa shape index (κ2) is 5.49. The summed E-state index contributed by atoms with van der Waals surface area (Å²) < 4.78 is 0. The molecule has 0 fully saturated rings. The van der Waals surface area contributed by atoms with E-state index >= 15 is 0 Å². The predicted octanol–water partition coefficient (Wildman–Crippen LogP) is 3.67. The van der Waals surface area contributed by atoms with Crippen LogP contribution in [-0.2, 0) is 4.79 Å². The third-order valence-electron chi connectivity index (χ3n) is 4.04. The first-order valence-electron chi connectivity index (χ1n) is 7.22. The predicted molar refractivity (Wildman–Crippen MR) is 81.6 cm³/mol. The summed E-state index contributed by atoms with van der Waals surface area (Å²) in [5, 5.41) is 0. The molecular weight excluding hydrogens is 246 g/mol. The minimum absolute atomic E-state index is 0.305. The Morgan fingerprint density at radius 3 is 2.05 bits per heavy atom. The largest absolute Gasteiger partial charge is 0.344 e. The van der Waals surface area contributed by atoms with Gasteiger partial charge in [-0.05, 0) is 28.7 Å². The molecule has 0 saturated carbocycles. The molecule has 0 atom stereocenters. The van der Waals surface area contributed by atoms with Crippen LogP contribution >= 0.6 is 0 Å². The molecule has 0 heterocycles. The van der Waals surface area contributed by atoms with Gasteiger partial charge in [0, 0.05) is 19.0 Å². The molecule has 0 unspecified atom stereocenters. The van der Waals surface area contributed by atoms with Crippen molar-refractivity contribution in [3.8, 4) is 11.1 Å². The van der Waals surface area contributed by atoms with E-state index in [0.717, 1.165) is 25.9 Å². The first-order chi connectivity index (χ1) is 9.85. The van der Waals surface area contributed by atoms with Gasteiger partial charge in [-0.3, -0.25) is 4.79 Å². The average molecular weight is 265 g/mol. The van der Waals surface area contributed by atoms with E-state index < -0.39 is 0 Å². The molecular formula is C18H19NO. The van der Waals surface area contributed by atoms with Crippen molar-refractivity contribution in [2.45, 2.75) is 19.3 Å². The molecule has 0 radical (unpaired) electrons. The lowest BCUT2D eigenvalue weighted by atomic mass is 9.96. The highest BCUT2D eigenvalue weighted by atomic mass is 16.1. The topological polar surface area (TPSA) is 20.3 Å². The van der Waals surface area contributed by atoms with Crippen LogP contribution in [0.4, 0.5) is 0 Å². The third-order valence-corrected chi connectivity index (χ3v) is 4.04. The number of hydrogen-bond donors (Lipinski definition) is 0. The Bertz CT molecular complexity index is 575. The van der Waals surface area contributed by atoms with E-state index in [-0.39, 0.29) is 0 Å². The number of amides is 1. The zero-order valence-electron chi connectivity index (χ0n) is 11.8. The number of fused-ring (bicyclic) bond motifs is 3. The highest BCUT2D eigenvalue weighted by molar-refractivity contribution is 5.79. The van der Waals surface area contributed by atoms with Crippen molar-refractivity contribution in [1.82, 2.24) is 4.90 Å². The quantitative estimate of drug-likeness (QED) is 0.755. The fraction of sp³-hybridized carbons (Fsp3) is 0.278. The smallest absolute Gasteiger partial charge is 0.209 e. The van der Waals surface area contributed by atoms with Crippen molar-refractivity contribution >= 4 is 6.41 Å². The van der Waals surface area contributed by atoms with Crippen molar-refractivity contribution < 1.29 is 4.79 Å². The molecule has 1 amide bonds. The van der Waals surface area contributed by atoms with E-state index in [4.69, 9.17) is 0 Å². The maximum Gasteiger partial charge on any atom is 0.209 e. The van der Waals surface area contributed by atoms with Crippen molar-refractivity contribution in [2.75, 3.05) is 13.1 Å². The van der Waals surface area contributed by atoms with E-state index in [2.05, 4.69) is 55.5 Å². The Hall–Kier alpha value is -2.09. The zero-order valence-corrected chi connectivity index (χ0v) is 11.8. The fourth-order valence-electron chi connectivity index (χ4n) is 3.17. The van der Waals surface area contributed by atoms with Crippen LogP contribution in [0, 0.1) is 0 Å². The maximum atomic E-state index is 11.2. The van der Waals surface area contributed by atoms with Gasteiger partial charge in [-0.25, -0.2) is 0 Å².